The van der Waals surface area contributed by atoms with E-state index in [4.69, 9.17) is 4.74 Å². The second kappa shape index (κ2) is 12.3. The third-order valence-corrected chi connectivity index (χ3v) is 7.67. The molecule has 1 unspecified atom stereocenters. The van der Waals surface area contributed by atoms with Gasteiger partial charge in [0.2, 0.25) is 5.91 Å². The summed E-state index contributed by atoms with van der Waals surface area (Å²) in [4.78, 5) is 18.5. The third-order valence-electron chi connectivity index (χ3n) is 7.67. The quantitative estimate of drug-likeness (QED) is 0.287. The molecule has 0 N–H and O–H groups in total. The van der Waals surface area contributed by atoms with Gasteiger partial charge in [0.05, 0.1) is 19.6 Å². The van der Waals surface area contributed by atoms with Crippen molar-refractivity contribution in [1.82, 2.24) is 0 Å². The Kier molecular flexibility index (Phi) is 8.91. The smallest absolute Gasteiger partial charge is 0.234 e. The first-order chi connectivity index (χ1) is 17.9. The lowest BCUT2D eigenvalue weighted by molar-refractivity contribution is -0.120. The molecule has 3 aromatic rings. The van der Waals surface area contributed by atoms with E-state index in [9.17, 15) is 4.79 Å². The highest BCUT2D eigenvalue weighted by Crippen LogP contribution is 2.37. The SMILES string of the molecule is CCCCN(C)c1ccc(CN(C(=O)C2CCCc3ccc(OC)cc32)c2ccc(C(C)C)cc2)cc1. The average Bonchev–Trinajstić information content (AvgIpc) is 2.94. The fraction of sp³-hybridized carbons (Fsp3) is 0.424. The Hall–Kier alpha value is -3.27. The lowest BCUT2D eigenvalue weighted by Crippen LogP contribution is -2.36. The van der Waals surface area contributed by atoms with E-state index in [1.54, 1.807) is 7.11 Å². The minimum absolute atomic E-state index is 0.163. The molecular formula is C33H42N2O2. The van der Waals surface area contributed by atoms with Gasteiger partial charge >= 0.3 is 0 Å². The molecule has 1 atom stereocenters. The number of anilines is 2. The van der Waals surface area contributed by atoms with Gasteiger partial charge in [-0.05, 0) is 90.3 Å². The Morgan fingerprint density at radius 2 is 1.70 bits per heavy atom. The van der Waals surface area contributed by atoms with Crippen molar-refractivity contribution in [1.29, 1.82) is 0 Å². The standard InChI is InChI=1S/C33H42N2O2/c1-6-7-21-34(4)28-16-11-25(12-17-28)23-35(29-18-13-26(14-19-29)24(2)3)33(36)31-10-8-9-27-15-20-30(37-5)22-32(27)31/h11-20,22,24,31H,6-10,21,23H2,1-5H3. The minimum atomic E-state index is -0.164. The first kappa shape index (κ1) is 26.8. The molecule has 0 aliphatic heterocycles. The number of ether oxygens (including phenoxy) is 1. The summed E-state index contributed by atoms with van der Waals surface area (Å²) in [5.41, 5.74) is 6.96. The maximum atomic E-state index is 14.3. The summed E-state index contributed by atoms with van der Waals surface area (Å²) in [5, 5.41) is 0. The number of rotatable bonds is 10. The van der Waals surface area contributed by atoms with E-state index in [0.29, 0.717) is 12.5 Å². The second-order valence-corrected chi connectivity index (χ2v) is 10.6. The maximum Gasteiger partial charge on any atom is 0.234 e. The van der Waals surface area contributed by atoms with Crippen molar-refractivity contribution in [3.8, 4) is 5.75 Å². The molecule has 1 amide bonds. The Bertz CT molecular complexity index is 1170. The molecule has 0 radical (unpaired) electrons. The van der Waals surface area contributed by atoms with E-state index in [1.165, 1.54) is 29.7 Å². The van der Waals surface area contributed by atoms with Crippen LogP contribution in [0.3, 0.4) is 0 Å². The summed E-state index contributed by atoms with van der Waals surface area (Å²) in [7, 11) is 3.83. The van der Waals surface area contributed by atoms with Gasteiger partial charge in [0.15, 0.2) is 0 Å². The number of fused-ring (bicyclic) bond motifs is 1. The van der Waals surface area contributed by atoms with E-state index in [0.717, 1.165) is 48.4 Å². The lowest BCUT2D eigenvalue weighted by atomic mass is 9.81. The summed E-state index contributed by atoms with van der Waals surface area (Å²) in [6.07, 6.45) is 5.26. The van der Waals surface area contributed by atoms with Crippen molar-refractivity contribution in [2.75, 3.05) is 30.5 Å². The first-order valence-corrected chi connectivity index (χ1v) is 13.8. The van der Waals surface area contributed by atoms with Crippen LogP contribution < -0.4 is 14.5 Å². The van der Waals surface area contributed by atoms with Crippen LogP contribution in [0.1, 0.15) is 80.5 Å². The second-order valence-electron chi connectivity index (χ2n) is 10.6. The number of unbranched alkanes of at least 4 members (excludes halogenated alkanes) is 1. The van der Waals surface area contributed by atoms with Gasteiger partial charge in [-0.3, -0.25) is 4.79 Å². The number of carbonyl (C=O) groups excluding carboxylic acids is 1. The molecule has 0 heterocycles. The van der Waals surface area contributed by atoms with Crippen molar-refractivity contribution in [2.24, 2.45) is 0 Å². The number of hydrogen-bond acceptors (Lipinski definition) is 3. The van der Waals surface area contributed by atoms with Gasteiger partial charge in [0.25, 0.3) is 0 Å². The number of carbonyl (C=O) groups is 1. The van der Waals surface area contributed by atoms with Crippen molar-refractivity contribution < 1.29 is 9.53 Å². The summed E-state index contributed by atoms with van der Waals surface area (Å²) >= 11 is 0. The van der Waals surface area contributed by atoms with Crippen LogP contribution in [0, 0.1) is 0 Å². The molecule has 4 heteroatoms. The van der Waals surface area contributed by atoms with E-state index < -0.39 is 0 Å². The summed E-state index contributed by atoms with van der Waals surface area (Å²) < 4.78 is 5.51. The third kappa shape index (κ3) is 6.36. The van der Waals surface area contributed by atoms with E-state index in [-0.39, 0.29) is 11.8 Å². The van der Waals surface area contributed by atoms with Crippen molar-refractivity contribution in [3.63, 3.8) is 0 Å². The minimum Gasteiger partial charge on any atom is -0.497 e. The largest absolute Gasteiger partial charge is 0.497 e. The van der Waals surface area contributed by atoms with E-state index >= 15 is 0 Å². The molecule has 4 nitrogen and oxygen atoms in total. The van der Waals surface area contributed by atoms with Gasteiger partial charge in [-0.2, -0.15) is 0 Å². The van der Waals surface area contributed by atoms with Gasteiger partial charge in [0, 0.05) is 25.0 Å². The number of hydrogen-bond donors (Lipinski definition) is 0. The van der Waals surface area contributed by atoms with Crippen molar-refractivity contribution in [3.05, 3.63) is 89.0 Å². The van der Waals surface area contributed by atoms with E-state index in [2.05, 4.69) is 93.4 Å². The molecule has 0 fully saturated rings. The van der Waals surface area contributed by atoms with Crippen LogP contribution in [0.15, 0.2) is 66.7 Å². The lowest BCUT2D eigenvalue weighted by Gasteiger charge is -2.31. The van der Waals surface area contributed by atoms with Crippen LogP contribution in [-0.4, -0.2) is 26.6 Å². The molecule has 0 saturated heterocycles. The monoisotopic (exact) mass is 498 g/mol. The predicted molar refractivity (Wildman–Crippen MR) is 155 cm³/mol. The molecule has 4 rings (SSSR count). The highest BCUT2D eigenvalue weighted by molar-refractivity contribution is 5.98. The Balaban J connectivity index is 1.64. The molecule has 0 aromatic heterocycles. The number of nitrogens with zero attached hydrogens (tertiary/aromatic N) is 2. The Morgan fingerprint density at radius 1 is 1.00 bits per heavy atom. The summed E-state index contributed by atoms with van der Waals surface area (Å²) in [5.74, 6) is 1.26. The van der Waals surface area contributed by atoms with Gasteiger partial charge in [-0.1, -0.05) is 57.5 Å². The maximum absolute atomic E-state index is 14.3. The first-order valence-electron chi connectivity index (χ1n) is 13.8. The van der Waals surface area contributed by atoms with Gasteiger partial charge in [-0.15, -0.1) is 0 Å². The van der Waals surface area contributed by atoms with Crippen LogP contribution in [0.5, 0.6) is 5.75 Å². The van der Waals surface area contributed by atoms with Crippen molar-refractivity contribution >= 4 is 17.3 Å². The van der Waals surface area contributed by atoms with Crippen LogP contribution in [0.2, 0.25) is 0 Å². The van der Waals surface area contributed by atoms with Crippen molar-refractivity contribution in [2.45, 2.75) is 71.3 Å². The van der Waals surface area contributed by atoms with Crippen LogP contribution in [0.4, 0.5) is 11.4 Å². The fourth-order valence-electron chi connectivity index (χ4n) is 5.25. The molecule has 196 valence electrons. The summed E-state index contributed by atoms with van der Waals surface area (Å²) in [6, 6.07) is 23.4. The average molecular weight is 499 g/mol. The zero-order chi connectivity index (χ0) is 26.4. The normalized spacial score (nSPS) is 14.8. The van der Waals surface area contributed by atoms with Crippen LogP contribution in [-0.2, 0) is 17.8 Å². The highest BCUT2D eigenvalue weighted by atomic mass is 16.5. The fourth-order valence-corrected chi connectivity index (χ4v) is 5.25. The zero-order valence-electron chi connectivity index (χ0n) is 23.2. The molecular weight excluding hydrogens is 456 g/mol. The Labute approximate surface area is 223 Å². The molecule has 1 aliphatic carbocycles. The molecule has 1 aliphatic rings. The van der Waals surface area contributed by atoms with Gasteiger partial charge < -0.3 is 14.5 Å². The molecule has 3 aromatic carbocycles. The topological polar surface area (TPSA) is 32.8 Å². The molecule has 0 saturated carbocycles. The van der Waals surface area contributed by atoms with Gasteiger partial charge in [-0.25, -0.2) is 0 Å². The molecule has 0 bridgehead atoms. The van der Waals surface area contributed by atoms with Crippen LogP contribution >= 0.6 is 0 Å². The Morgan fingerprint density at radius 3 is 2.35 bits per heavy atom. The predicted octanol–water partition coefficient (Wildman–Crippen LogP) is 7.71. The highest BCUT2D eigenvalue weighted by Gasteiger charge is 2.31. The molecule has 37 heavy (non-hydrogen) atoms. The number of aryl methyl sites for hydroxylation is 1. The zero-order valence-corrected chi connectivity index (χ0v) is 23.2. The number of methoxy groups -OCH3 is 1. The molecule has 0 spiro atoms. The van der Waals surface area contributed by atoms with Gasteiger partial charge in [0.1, 0.15) is 5.75 Å². The number of amides is 1. The van der Waals surface area contributed by atoms with Crippen LogP contribution in [0.25, 0.3) is 0 Å². The summed E-state index contributed by atoms with van der Waals surface area (Å²) in [6.45, 7) is 8.21. The van der Waals surface area contributed by atoms with E-state index in [1.807, 2.05) is 11.0 Å². The number of benzene rings is 3.